The Balaban J connectivity index is 0. The van der Waals surface area contributed by atoms with Crippen molar-refractivity contribution >= 4 is 35.6 Å². The van der Waals surface area contributed by atoms with Crippen LogP contribution in [0.3, 0.4) is 0 Å². The van der Waals surface area contributed by atoms with Crippen LogP contribution < -0.4 is 57.5 Å². The Bertz CT molecular complexity index is 1570. The predicted molar refractivity (Wildman–Crippen MR) is 188 cm³/mol. The van der Waals surface area contributed by atoms with Gasteiger partial charge in [-0.05, 0) is 26.7 Å². The van der Waals surface area contributed by atoms with Crippen LogP contribution in [0.4, 0.5) is 17.6 Å². The molecule has 0 bridgehead atoms. The van der Waals surface area contributed by atoms with Crippen LogP contribution in [-0.4, -0.2) is 220 Å². The van der Waals surface area contributed by atoms with Crippen LogP contribution in [0, 0.1) is 0 Å². The second-order valence-electron chi connectivity index (χ2n) is 14.4. The van der Waals surface area contributed by atoms with Crippen molar-refractivity contribution in [3.8, 4) is 0 Å². The molecule has 0 aliphatic carbocycles. The van der Waals surface area contributed by atoms with Gasteiger partial charge in [0.05, 0.1) is 13.2 Å². The van der Waals surface area contributed by atoms with Crippen molar-refractivity contribution in [2.75, 3.05) is 26.3 Å². The van der Waals surface area contributed by atoms with Crippen LogP contribution in [0.25, 0.3) is 0 Å². The maximum atomic E-state index is 14.5. The van der Waals surface area contributed by atoms with Crippen molar-refractivity contribution < 1.29 is 153 Å². The second-order valence-corrected chi connectivity index (χ2v) is 14.4. The number of carboxylic acids is 2. The lowest BCUT2D eigenvalue weighted by molar-refractivity contribution is -0.405. The molecule has 22 N–H and O–H groups in total. The summed E-state index contributed by atoms with van der Waals surface area (Å²) in [7, 11) is 0. The molecule has 0 aromatic carbocycles. The van der Waals surface area contributed by atoms with Gasteiger partial charge in [0.25, 0.3) is 35.2 Å². The topological polar surface area (TPSA) is 467 Å². The number of aliphatic hydroxyl groups excluding tert-OH is 8. The number of ether oxygens (including phenoxy) is 2. The molecule has 376 valence electrons. The summed E-state index contributed by atoms with van der Waals surface area (Å²) in [6.07, 6.45) is -17.9. The summed E-state index contributed by atoms with van der Waals surface area (Å²) in [6, 6.07) is -4.18. The van der Waals surface area contributed by atoms with E-state index < -0.39 is 158 Å². The Morgan fingerprint density at radius 2 is 1.03 bits per heavy atom. The van der Waals surface area contributed by atoms with E-state index in [0.717, 1.165) is 0 Å². The highest BCUT2D eigenvalue weighted by molar-refractivity contribution is 5.87. The molecule has 2 rings (SSSR count). The Labute approximate surface area is 372 Å². The number of aliphatic carboxylic acids is 2. The van der Waals surface area contributed by atoms with E-state index >= 15 is 0 Å². The molecular formula is C32H56Cl2F4N6O20. The molecule has 2 fully saturated rings. The number of hydrogen-bond donors (Lipinski definition) is 18. The summed E-state index contributed by atoms with van der Waals surface area (Å²) in [6.45, 7) is -0.478. The third kappa shape index (κ3) is 14.8. The average Bonchev–Trinajstić information content (AvgIpc) is 3.45. The summed E-state index contributed by atoms with van der Waals surface area (Å²) < 4.78 is 66.9. The van der Waals surface area contributed by atoms with Crippen molar-refractivity contribution in [3.63, 3.8) is 0 Å². The first-order valence-corrected chi connectivity index (χ1v) is 18.6. The fourth-order valence-corrected chi connectivity index (χ4v) is 5.54. The van der Waals surface area contributed by atoms with E-state index in [-0.39, 0.29) is 50.5 Å². The van der Waals surface area contributed by atoms with Gasteiger partial charge in [-0.2, -0.15) is 17.6 Å². The maximum absolute atomic E-state index is 14.5. The molecule has 0 aromatic rings. The van der Waals surface area contributed by atoms with E-state index in [1.807, 2.05) is 0 Å². The van der Waals surface area contributed by atoms with Crippen LogP contribution >= 0.6 is 0 Å². The number of carbonyl (C=O) groups is 6. The molecule has 0 radical (unpaired) electrons. The standard InChI is InChI=1S/2C16H27F2N3O10.2ClH/c1-6(13(27)28)21-12(26)7(19)3-2-4-20-14(29)15(17,18)16(30)11(25)9(24)10(31-16)8(23)5-22;1-6(13(27)28)21-12(26)7(19)3-2-4-20-14(29)15(17,18)16(30)11(25)10(24)9(23)8(5-22)31-16;;/h2*6-11,22-25,30H,2-5,19H2,1H3,(H,20,29)(H,21,26)(H,27,28);2*1H/t6-,7-,8-,9+,10-,11+,16+;6-,7-,8+,9-,10-,11+,16+;;/m00../s1. The van der Waals surface area contributed by atoms with E-state index in [0.29, 0.717) is 0 Å². The minimum absolute atomic E-state index is 0. The number of halogens is 6. The third-order valence-corrected chi connectivity index (χ3v) is 9.61. The van der Waals surface area contributed by atoms with Gasteiger partial charge in [-0.15, -0.1) is 0 Å². The highest BCUT2D eigenvalue weighted by Gasteiger charge is 2.71. The van der Waals surface area contributed by atoms with Gasteiger partial charge in [-0.25, -0.2) is 0 Å². The van der Waals surface area contributed by atoms with Gasteiger partial charge in [-0.3, -0.25) is 28.8 Å². The number of nitrogens with one attached hydrogen (secondary N) is 4. The number of alkyl halides is 4. The van der Waals surface area contributed by atoms with Gasteiger partial charge >= 0.3 is 23.8 Å². The fourth-order valence-electron chi connectivity index (χ4n) is 5.54. The molecule has 0 spiro atoms. The van der Waals surface area contributed by atoms with Gasteiger partial charge in [-0.1, -0.05) is 0 Å². The zero-order chi connectivity index (χ0) is 48.3. The fraction of sp³-hybridized carbons (Fsp3) is 0.812. The Morgan fingerprint density at radius 1 is 0.672 bits per heavy atom. The Kier molecular flexibility index (Phi) is 25.5. The van der Waals surface area contributed by atoms with Gasteiger partial charge in [0.15, 0.2) is 12.1 Å². The van der Waals surface area contributed by atoms with Crippen LogP contribution in [-0.2, 0) is 38.2 Å². The van der Waals surface area contributed by atoms with E-state index in [4.69, 9.17) is 20.4 Å². The first kappa shape index (κ1) is 62.6. The average molecular weight is 992 g/mol. The number of hydrogen-bond acceptors (Lipinski definition) is 18. The number of amides is 4. The van der Waals surface area contributed by atoms with Crippen molar-refractivity contribution in [1.29, 1.82) is 0 Å². The SMILES string of the molecule is C[C@H](NC(=O)[C@@H]([NH3+])CCCNC(=O)C(F)(F)[C@]1(O)O[C@@H]([C@@H](O)CO)[C@@H](O)[C@H]1O)C(=O)O.C[C@H](NC(=O)[C@@H]([NH3+])CCCNC(=O)C(F)(F)[C@]1(O)O[C@H](CO)[C@H](O)[C@H](O)[C@H]1O)C(=O)O.[Cl-].[Cl-]. The molecule has 0 saturated carbocycles. The summed E-state index contributed by atoms with van der Waals surface area (Å²) in [5.74, 6) is -25.4. The summed E-state index contributed by atoms with van der Waals surface area (Å²) in [5, 5.41) is 121. The van der Waals surface area contributed by atoms with E-state index in [1.165, 1.54) is 13.8 Å². The number of carbonyl (C=O) groups excluding carboxylic acids is 4. The van der Waals surface area contributed by atoms with Crippen LogP contribution in [0.5, 0.6) is 0 Å². The van der Waals surface area contributed by atoms with Crippen LogP contribution in [0.1, 0.15) is 39.5 Å². The van der Waals surface area contributed by atoms with Crippen molar-refractivity contribution in [2.24, 2.45) is 0 Å². The molecule has 2 aliphatic heterocycles. The minimum atomic E-state index is -4.81. The first-order chi connectivity index (χ1) is 28.4. The van der Waals surface area contributed by atoms with Gasteiger partial charge in [0.1, 0.15) is 60.9 Å². The molecule has 0 unspecified atom stereocenters. The zero-order valence-electron chi connectivity index (χ0n) is 33.9. The minimum Gasteiger partial charge on any atom is -1.00 e. The van der Waals surface area contributed by atoms with Crippen LogP contribution in [0.15, 0.2) is 0 Å². The summed E-state index contributed by atoms with van der Waals surface area (Å²) in [4.78, 5) is 68.7. The van der Waals surface area contributed by atoms with Crippen LogP contribution in [0.2, 0.25) is 0 Å². The molecule has 4 amide bonds. The van der Waals surface area contributed by atoms with E-state index in [1.54, 1.807) is 10.6 Å². The third-order valence-electron chi connectivity index (χ3n) is 9.61. The molecule has 14 atom stereocenters. The Hall–Kier alpha value is -3.44. The zero-order valence-corrected chi connectivity index (χ0v) is 35.4. The number of carboxylic acid groups (broad SMARTS) is 2. The quantitative estimate of drug-likeness (QED) is 0.0375. The predicted octanol–water partition coefficient (Wildman–Crippen LogP) is -16.2. The van der Waals surface area contributed by atoms with Gasteiger partial charge in [0, 0.05) is 25.9 Å². The summed E-state index contributed by atoms with van der Waals surface area (Å²) >= 11 is 0. The van der Waals surface area contributed by atoms with E-state index in [9.17, 15) is 87.2 Å². The molecule has 64 heavy (non-hydrogen) atoms. The largest absolute Gasteiger partial charge is 1.00 e. The molecule has 0 aromatic heterocycles. The van der Waals surface area contributed by atoms with Crippen molar-refractivity contribution in [3.05, 3.63) is 0 Å². The lowest BCUT2D eigenvalue weighted by Crippen LogP contribution is -3.00. The number of rotatable bonds is 21. The molecule has 2 saturated heterocycles. The smallest absolute Gasteiger partial charge is 0.379 e. The monoisotopic (exact) mass is 990 g/mol. The van der Waals surface area contributed by atoms with Crippen molar-refractivity contribution in [2.45, 2.75) is 136 Å². The molecular weight excluding hydrogens is 935 g/mol. The molecule has 26 nitrogen and oxygen atoms in total. The van der Waals surface area contributed by atoms with Gasteiger partial charge < -0.3 is 128 Å². The molecule has 32 heteroatoms. The van der Waals surface area contributed by atoms with E-state index in [2.05, 4.69) is 31.6 Å². The number of quaternary nitrogens is 2. The number of aliphatic hydroxyl groups is 10. The summed E-state index contributed by atoms with van der Waals surface area (Å²) in [5.41, 5.74) is 7.02. The highest BCUT2D eigenvalue weighted by Crippen LogP contribution is 2.42. The maximum Gasteiger partial charge on any atom is 0.379 e. The Morgan fingerprint density at radius 3 is 1.38 bits per heavy atom. The normalized spacial score (nSPS) is 29.1. The van der Waals surface area contributed by atoms with Crippen molar-refractivity contribution in [1.82, 2.24) is 21.3 Å². The molecule has 2 heterocycles. The highest BCUT2D eigenvalue weighted by atomic mass is 35.5. The lowest BCUT2D eigenvalue weighted by atomic mass is 9.88. The first-order valence-electron chi connectivity index (χ1n) is 18.6. The second kappa shape index (κ2) is 26.0. The van der Waals surface area contributed by atoms with Gasteiger partial charge in [0.2, 0.25) is 0 Å². The molecule has 2 aliphatic rings. The lowest BCUT2D eigenvalue weighted by Gasteiger charge is -2.47.